The lowest BCUT2D eigenvalue weighted by atomic mass is 9.96. The van der Waals surface area contributed by atoms with Crippen LogP contribution in [0.25, 0.3) is 0 Å². The van der Waals surface area contributed by atoms with E-state index in [9.17, 15) is 4.79 Å². The maximum Gasteiger partial charge on any atom is 0.222 e. The van der Waals surface area contributed by atoms with Crippen molar-refractivity contribution in [2.75, 3.05) is 26.7 Å². The molecule has 1 unspecified atom stereocenters. The highest BCUT2D eigenvalue weighted by Gasteiger charge is 2.44. The summed E-state index contributed by atoms with van der Waals surface area (Å²) in [6.45, 7) is 4.36. The van der Waals surface area contributed by atoms with Crippen molar-refractivity contribution in [3.8, 4) is 0 Å². The van der Waals surface area contributed by atoms with Crippen molar-refractivity contribution >= 4 is 47.4 Å². The lowest BCUT2D eigenvalue weighted by Gasteiger charge is -2.31. The zero-order valence-electron chi connectivity index (χ0n) is 15.4. The van der Waals surface area contributed by atoms with Gasteiger partial charge < -0.3 is 15.5 Å². The Hall–Kier alpha value is -1.02. The van der Waals surface area contributed by atoms with Gasteiger partial charge in [-0.3, -0.25) is 9.79 Å². The average molecular weight is 491 g/mol. The zero-order valence-corrected chi connectivity index (χ0v) is 18.5. The largest absolute Gasteiger partial charge is 0.357 e. The van der Waals surface area contributed by atoms with Crippen molar-refractivity contribution < 1.29 is 4.79 Å². The Labute approximate surface area is 178 Å². The molecule has 0 aromatic heterocycles. The highest BCUT2D eigenvalue weighted by atomic mass is 127. The fourth-order valence-corrected chi connectivity index (χ4v) is 3.57. The standard InChI is InChI=1S/C19H27ClN4O.HI/c1-3-21-18(23-16-7-8-17(25)24(2)12-16)22-13-19(9-10-19)14-5-4-6-15(20)11-14;/h4-6,11,16H,3,7-10,12-13H2,1-2H3,(H2,21,22,23);1H. The molecule has 1 aromatic carbocycles. The van der Waals surface area contributed by atoms with Crippen molar-refractivity contribution in [3.63, 3.8) is 0 Å². The number of aliphatic imine (C=N–C) groups is 1. The molecule has 0 bridgehead atoms. The first-order chi connectivity index (χ1) is 12.0. The Morgan fingerprint density at radius 2 is 2.19 bits per heavy atom. The summed E-state index contributed by atoms with van der Waals surface area (Å²) in [6.07, 6.45) is 3.75. The molecule has 144 valence electrons. The van der Waals surface area contributed by atoms with Crippen LogP contribution in [0.1, 0.15) is 38.2 Å². The highest BCUT2D eigenvalue weighted by molar-refractivity contribution is 14.0. The molecule has 1 aliphatic carbocycles. The molecule has 1 atom stereocenters. The van der Waals surface area contributed by atoms with E-state index in [4.69, 9.17) is 16.6 Å². The number of likely N-dealkylation sites (tertiary alicyclic amines) is 1. The van der Waals surface area contributed by atoms with Gasteiger partial charge in [0, 0.05) is 43.0 Å². The lowest BCUT2D eigenvalue weighted by Crippen LogP contribution is -2.51. The van der Waals surface area contributed by atoms with Crippen LogP contribution in [0.5, 0.6) is 0 Å². The minimum atomic E-state index is 0. The third-order valence-electron chi connectivity index (χ3n) is 5.14. The number of carbonyl (C=O) groups excluding carboxylic acids is 1. The molecule has 7 heteroatoms. The van der Waals surface area contributed by atoms with E-state index < -0.39 is 0 Å². The van der Waals surface area contributed by atoms with Gasteiger partial charge in [-0.25, -0.2) is 0 Å². The number of carbonyl (C=O) groups is 1. The van der Waals surface area contributed by atoms with Crippen LogP contribution in [0.3, 0.4) is 0 Å². The van der Waals surface area contributed by atoms with E-state index in [0.29, 0.717) is 6.42 Å². The number of guanidine groups is 1. The van der Waals surface area contributed by atoms with Crippen LogP contribution in [0.2, 0.25) is 5.02 Å². The molecule has 0 spiro atoms. The second-order valence-electron chi connectivity index (χ2n) is 7.14. The first-order valence-electron chi connectivity index (χ1n) is 9.07. The topological polar surface area (TPSA) is 56.7 Å². The van der Waals surface area contributed by atoms with Crippen molar-refractivity contribution in [2.24, 2.45) is 4.99 Å². The Bertz CT molecular complexity index is 663. The van der Waals surface area contributed by atoms with Gasteiger partial charge in [-0.05, 0) is 43.9 Å². The quantitative estimate of drug-likeness (QED) is 0.379. The van der Waals surface area contributed by atoms with E-state index in [1.54, 1.807) is 4.90 Å². The van der Waals surface area contributed by atoms with Gasteiger partial charge in [0.15, 0.2) is 5.96 Å². The molecule has 1 heterocycles. The molecule has 0 radical (unpaired) electrons. The first kappa shape index (κ1) is 21.3. The molecule has 1 saturated heterocycles. The minimum Gasteiger partial charge on any atom is -0.357 e. The molecule has 26 heavy (non-hydrogen) atoms. The smallest absolute Gasteiger partial charge is 0.222 e. The van der Waals surface area contributed by atoms with E-state index in [1.165, 1.54) is 5.56 Å². The molecule has 2 fully saturated rings. The van der Waals surface area contributed by atoms with E-state index in [-0.39, 0.29) is 41.3 Å². The summed E-state index contributed by atoms with van der Waals surface area (Å²) in [5, 5.41) is 7.60. The van der Waals surface area contributed by atoms with Crippen LogP contribution in [0.15, 0.2) is 29.3 Å². The monoisotopic (exact) mass is 490 g/mol. The number of hydrogen-bond acceptors (Lipinski definition) is 2. The average Bonchev–Trinajstić information content (AvgIpc) is 3.38. The van der Waals surface area contributed by atoms with Crippen molar-refractivity contribution in [2.45, 2.75) is 44.1 Å². The van der Waals surface area contributed by atoms with Crippen LogP contribution in [-0.4, -0.2) is 49.5 Å². The molecule has 2 N–H and O–H groups in total. The van der Waals surface area contributed by atoms with E-state index >= 15 is 0 Å². The molecular weight excluding hydrogens is 463 g/mol. The van der Waals surface area contributed by atoms with Crippen LogP contribution in [0, 0.1) is 0 Å². The van der Waals surface area contributed by atoms with Gasteiger partial charge >= 0.3 is 0 Å². The minimum absolute atomic E-state index is 0. The summed E-state index contributed by atoms with van der Waals surface area (Å²) in [5.74, 6) is 1.06. The number of amides is 1. The predicted molar refractivity (Wildman–Crippen MR) is 118 cm³/mol. The SMILES string of the molecule is CCNC(=NCC1(c2cccc(Cl)c2)CC1)NC1CCC(=O)N(C)C1.I. The van der Waals surface area contributed by atoms with Crippen LogP contribution < -0.4 is 10.6 Å². The van der Waals surface area contributed by atoms with Crippen molar-refractivity contribution in [1.82, 2.24) is 15.5 Å². The summed E-state index contributed by atoms with van der Waals surface area (Å²) < 4.78 is 0. The molecule has 1 aromatic rings. The van der Waals surface area contributed by atoms with E-state index in [1.807, 2.05) is 19.2 Å². The Morgan fingerprint density at radius 3 is 2.81 bits per heavy atom. The van der Waals surface area contributed by atoms with Gasteiger partial charge in [0.25, 0.3) is 0 Å². The van der Waals surface area contributed by atoms with Crippen LogP contribution in [0.4, 0.5) is 0 Å². The number of piperidine rings is 1. The number of likely N-dealkylation sites (N-methyl/N-ethyl adjacent to an activating group) is 1. The highest BCUT2D eigenvalue weighted by Crippen LogP contribution is 2.48. The third-order valence-corrected chi connectivity index (χ3v) is 5.38. The predicted octanol–water partition coefficient (Wildman–Crippen LogP) is 3.17. The summed E-state index contributed by atoms with van der Waals surface area (Å²) >= 11 is 6.15. The molecular formula is C19H28ClIN4O. The fourth-order valence-electron chi connectivity index (χ4n) is 3.38. The lowest BCUT2D eigenvalue weighted by molar-refractivity contribution is -0.132. The summed E-state index contributed by atoms with van der Waals surface area (Å²) in [4.78, 5) is 18.3. The number of halogens is 2. The van der Waals surface area contributed by atoms with Crippen molar-refractivity contribution in [1.29, 1.82) is 0 Å². The summed E-state index contributed by atoms with van der Waals surface area (Å²) in [5.41, 5.74) is 1.41. The molecule has 1 amide bonds. The third kappa shape index (κ3) is 5.25. The van der Waals surface area contributed by atoms with E-state index in [0.717, 1.165) is 49.9 Å². The van der Waals surface area contributed by atoms with Gasteiger partial charge in [-0.15, -0.1) is 24.0 Å². The fraction of sp³-hybridized carbons (Fsp3) is 0.579. The molecule has 3 rings (SSSR count). The first-order valence-corrected chi connectivity index (χ1v) is 9.45. The summed E-state index contributed by atoms with van der Waals surface area (Å²) in [7, 11) is 1.86. The number of hydrogen-bond donors (Lipinski definition) is 2. The van der Waals surface area contributed by atoms with Gasteiger partial charge in [-0.2, -0.15) is 0 Å². The van der Waals surface area contributed by atoms with Gasteiger partial charge in [0.05, 0.1) is 6.54 Å². The van der Waals surface area contributed by atoms with Crippen molar-refractivity contribution in [3.05, 3.63) is 34.9 Å². The second kappa shape index (κ2) is 9.26. The maximum absolute atomic E-state index is 11.6. The molecule has 1 aliphatic heterocycles. The number of nitrogens with one attached hydrogen (secondary N) is 2. The Balaban J connectivity index is 0.00000243. The zero-order chi connectivity index (χ0) is 17.9. The van der Waals surface area contributed by atoms with Gasteiger partial charge in [0.2, 0.25) is 5.91 Å². The van der Waals surface area contributed by atoms with E-state index in [2.05, 4.69) is 29.7 Å². The summed E-state index contributed by atoms with van der Waals surface area (Å²) in [6, 6.07) is 8.39. The maximum atomic E-state index is 11.6. The Kier molecular flexibility index (Phi) is 7.58. The number of benzene rings is 1. The molecule has 5 nitrogen and oxygen atoms in total. The molecule has 1 saturated carbocycles. The Morgan fingerprint density at radius 1 is 1.42 bits per heavy atom. The molecule has 2 aliphatic rings. The van der Waals surface area contributed by atoms with Gasteiger partial charge in [0.1, 0.15) is 0 Å². The van der Waals surface area contributed by atoms with Gasteiger partial charge in [-0.1, -0.05) is 23.7 Å². The second-order valence-corrected chi connectivity index (χ2v) is 7.58. The number of nitrogens with zero attached hydrogens (tertiary/aromatic N) is 2. The van der Waals surface area contributed by atoms with Crippen LogP contribution in [-0.2, 0) is 10.2 Å². The normalized spacial score (nSPS) is 21.8. The van der Waals surface area contributed by atoms with Crippen LogP contribution >= 0.6 is 35.6 Å². The number of rotatable bonds is 5.